The van der Waals surface area contributed by atoms with Crippen molar-refractivity contribution >= 4 is 5.84 Å². The number of nitrogens with one attached hydrogen (secondary N) is 1. The van der Waals surface area contributed by atoms with Crippen LogP contribution in [-0.2, 0) is 4.74 Å². The lowest BCUT2D eigenvalue weighted by Crippen LogP contribution is -2.38. The van der Waals surface area contributed by atoms with Crippen molar-refractivity contribution in [3.63, 3.8) is 0 Å². The van der Waals surface area contributed by atoms with E-state index in [0.29, 0.717) is 5.92 Å². The summed E-state index contributed by atoms with van der Waals surface area (Å²) in [5.74, 6) is 1.22. The first-order valence-corrected chi connectivity index (χ1v) is 4.54. The maximum absolute atomic E-state index is 7.80. The zero-order valence-electron chi connectivity index (χ0n) is 7.97. The molecule has 1 aliphatic rings. The van der Waals surface area contributed by atoms with Crippen molar-refractivity contribution in [1.29, 1.82) is 5.41 Å². The average Bonchev–Trinajstić information content (AvgIpc) is 2.08. The van der Waals surface area contributed by atoms with Crippen molar-refractivity contribution in [3.8, 4) is 0 Å². The monoisotopic (exact) mass is 170 g/mol. The summed E-state index contributed by atoms with van der Waals surface area (Å²) in [5.41, 5.74) is 0. The molecule has 0 saturated carbocycles. The molecule has 1 atom stereocenters. The van der Waals surface area contributed by atoms with Crippen molar-refractivity contribution in [1.82, 2.24) is 4.90 Å². The van der Waals surface area contributed by atoms with Crippen molar-refractivity contribution in [2.24, 2.45) is 5.92 Å². The van der Waals surface area contributed by atoms with Gasteiger partial charge in [-0.3, -0.25) is 5.41 Å². The van der Waals surface area contributed by atoms with Gasteiger partial charge in [-0.15, -0.1) is 0 Å². The van der Waals surface area contributed by atoms with E-state index in [-0.39, 0.29) is 0 Å². The molecule has 0 amide bonds. The van der Waals surface area contributed by atoms with Gasteiger partial charge in [-0.1, -0.05) is 0 Å². The minimum atomic E-state index is 0.434. The third kappa shape index (κ3) is 2.21. The minimum Gasteiger partial charge on any atom is -0.385 e. The van der Waals surface area contributed by atoms with Crippen LogP contribution >= 0.6 is 0 Å². The smallest absolute Gasteiger partial charge is 0.0987 e. The summed E-state index contributed by atoms with van der Waals surface area (Å²) in [4.78, 5) is 2.05. The highest BCUT2D eigenvalue weighted by Crippen LogP contribution is 2.19. The van der Waals surface area contributed by atoms with E-state index < -0.39 is 0 Å². The average molecular weight is 170 g/mol. The quantitative estimate of drug-likeness (QED) is 0.694. The van der Waals surface area contributed by atoms with Crippen molar-refractivity contribution in [2.45, 2.75) is 19.3 Å². The Bertz CT molecular complexity index is 159. The van der Waals surface area contributed by atoms with Gasteiger partial charge in [0, 0.05) is 33.2 Å². The van der Waals surface area contributed by atoms with Gasteiger partial charge in [-0.25, -0.2) is 0 Å². The molecule has 70 valence electrons. The predicted molar refractivity (Wildman–Crippen MR) is 49.6 cm³/mol. The number of methoxy groups -OCH3 is 1. The van der Waals surface area contributed by atoms with Crippen LogP contribution in [-0.4, -0.2) is 38.0 Å². The van der Waals surface area contributed by atoms with E-state index in [2.05, 4.69) is 0 Å². The summed E-state index contributed by atoms with van der Waals surface area (Å²) >= 11 is 0. The second-order valence-electron chi connectivity index (χ2n) is 3.43. The van der Waals surface area contributed by atoms with E-state index in [0.717, 1.165) is 31.8 Å². The maximum Gasteiger partial charge on any atom is 0.0987 e. The Balaban J connectivity index is 2.36. The number of amidine groups is 1. The number of rotatable bonds is 3. The summed E-state index contributed by atoms with van der Waals surface area (Å²) in [6, 6.07) is 0. The molecule has 1 fully saturated rings. The van der Waals surface area contributed by atoms with Crippen molar-refractivity contribution in [3.05, 3.63) is 0 Å². The van der Waals surface area contributed by atoms with Gasteiger partial charge in [0.1, 0.15) is 0 Å². The van der Waals surface area contributed by atoms with E-state index in [1.807, 2.05) is 11.9 Å². The van der Waals surface area contributed by atoms with Crippen molar-refractivity contribution < 1.29 is 4.74 Å². The van der Waals surface area contributed by atoms with Gasteiger partial charge >= 0.3 is 0 Å². The normalized spacial score (nSPS) is 24.7. The Labute approximate surface area is 74.2 Å². The summed E-state index contributed by atoms with van der Waals surface area (Å²) in [5, 5.41) is 7.80. The molecule has 3 heteroatoms. The van der Waals surface area contributed by atoms with Crippen LogP contribution < -0.4 is 0 Å². The molecule has 12 heavy (non-hydrogen) atoms. The summed E-state index contributed by atoms with van der Waals surface area (Å²) in [6.07, 6.45) is 3.37. The molecule has 0 bridgehead atoms. The van der Waals surface area contributed by atoms with E-state index >= 15 is 0 Å². The fourth-order valence-electron chi connectivity index (χ4n) is 1.68. The topological polar surface area (TPSA) is 36.3 Å². The molecule has 0 aromatic rings. The molecule has 1 heterocycles. The van der Waals surface area contributed by atoms with Crippen LogP contribution in [0.2, 0.25) is 0 Å². The molecule has 3 nitrogen and oxygen atoms in total. The van der Waals surface area contributed by atoms with Crippen LogP contribution in [0.1, 0.15) is 19.3 Å². The zero-order valence-corrected chi connectivity index (χ0v) is 7.97. The van der Waals surface area contributed by atoms with Gasteiger partial charge in [0.05, 0.1) is 5.84 Å². The van der Waals surface area contributed by atoms with Gasteiger partial charge in [0.25, 0.3) is 0 Å². The first kappa shape index (κ1) is 9.52. The maximum atomic E-state index is 7.80. The second kappa shape index (κ2) is 4.45. The SMILES string of the molecule is COCCC1CCCN(C)C1=N. The molecular weight excluding hydrogens is 152 g/mol. The summed E-state index contributed by atoms with van der Waals surface area (Å²) < 4.78 is 5.01. The Kier molecular flexibility index (Phi) is 3.53. The summed E-state index contributed by atoms with van der Waals surface area (Å²) in [7, 11) is 3.72. The number of nitrogens with zero attached hydrogens (tertiary/aromatic N) is 1. The largest absolute Gasteiger partial charge is 0.385 e. The highest BCUT2D eigenvalue weighted by Gasteiger charge is 2.21. The Morgan fingerprint density at radius 2 is 2.42 bits per heavy atom. The molecule has 1 N–H and O–H groups in total. The number of piperidine rings is 1. The van der Waals surface area contributed by atoms with Gasteiger partial charge in [0.15, 0.2) is 0 Å². The van der Waals surface area contributed by atoms with Gasteiger partial charge in [-0.05, 0) is 19.3 Å². The van der Waals surface area contributed by atoms with Crippen LogP contribution in [0.15, 0.2) is 0 Å². The Morgan fingerprint density at radius 3 is 3.08 bits per heavy atom. The first-order valence-electron chi connectivity index (χ1n) is 4.54. The molecule has 0 spiro atoms. The van der Waals surface area contributed by atoms with Gasteiger partial charge < -0.3 is 9.64 Å². The van der Waals surface area contributed by atoms with Crippen LogP contribution in [0.4, 0.5) is 0 Å². The Hall–Kier alpha value is -0.570. The highest BCUT2D eigenvalue weighted by atomic mass is 16.5. The third-order valence-electron chi connectivity index (χ3n) is 2.51. The lowest BCUT2D eigenvalue weighted by molar-refractivity contribution is 0.179. The fraction of sp³-hybridized carbons (Fsp3) is 0.889. The highest BCUT2D eigenvalue weighted by molar-refractivity contribution is 5.82. The Morgan fingerprint density at radius 1 is 1.67 bits per heavy atom. The number of hydrogen-bond donors (Lipinski definition) is 1. The number of ether oxygens (including phenoxy) is 1. The molecule has 1 unspecified atom stereocenters. The molecule has 0 aromatic heterocycles. The van der Waals surface area contributed by atoms with E-state index in [9.17, 15) is 0 Å². The van der Waals surface area contributed by atoms with Crippen molar-refractivity contribution in [2.75, 3.05) is 27.3 Å². The first-order chi connectivity index (χ1) is 5.75. The molecule has 1 rings (SSSR count). The second-order valence-corrected chi connectivity index (χ2v) is 3.43. The summed E-state index contributed by atoms with van der Waals surface area (Å²) in [6.45, 7) is 1.82. The molecule has 1 saturated heterocycles. The molecule has 0 radical (unpaired) electrons. The van der Waals surface area contributed by atoms with E-state index in [1.165, 1.54) is 6.42 Å². The van der Waals surface area contributed by atoms with Crippen LogP contribution in [0.5, 0.6) is 0 Å². The van der Waals surface area contributed by atoms with Crippen LogP contribution in [0.25, 0.3) is 0 Å². The molecule has 1 aliphatic heterocycles. The van der Waals surface area contributed by atoms with Gasteiger partial charge in [-0.2, -0.15) is 0 Å². The standard InChI is InChI=1S/C9H18N2O/c1-11-6-3-4-8(9(11)10)5-7-12-2/h8,10H,3-7H2,1-2H3. The molecular formula is C9H18N2O. The minimum absolute atomic E-state index is 0.434. The fourth-order valence-corrected chi connectivity index (χ4v) is 1.68. The predicted octanol–water partition coefficient (Wildman–Crippen LogP) is 1.34. The lowest BCUT2D eigenvalue weighted by atomic mass is 9.94. The van der Waals surface area contributed by atoms with Gasteiger partial charge in [0.2, 0.25) is 0 Å². The van der Waals surface area contributed by atoms with E-state index in [1.54, 1.807) is 7.11 Å². The van der Waals surface area contributed by atoms with Crippen LogP contribution in [0, 0.1) is 11.3 Å². The van der Waals surface area contributed by atoms with E-state index in [4.69, 9.17) is 10.1 Å². The number of hydrogen-bond acceptors (Lipinski definition) is 2. The molecule has 0 aromatic carbocycles. The lowest BCUT2D eigenvalue weighted by Gasteiger charge is -2.31. The zero-order chi connectivity index (χ0) is 8.97. The molecule has 0 aliphatic carbocycles. The number of likely N-dealkylation sites (tertiary alicyclic amines) is 1. The van der Waals surface area contributed by atoms with Crippen LogP contribution in [0.3, 0.4) is 0 Å². The third-order valence-corrected chi connectivity index (χ3v) is 2.51.